The minimum absolute atomic E-state index is 0.202. The molecule has 1 fully saturated rings. The van der Waals surface area contributed by atoms with Crippen molar-refractivity contribution in [1.82, 2.24) is 9.30 Å². The van der Waals surface area contributed by atoms with Gasteiger partial charge in [-0.2, -0.15) is 13.2 Å². The van der Waals surface area contributed by atoms with Gasteiger partial charge in [-0.25, -0.2) is 0 Å². The van der Waals surface area contributed by atoms with Crippen molar-refractivity contribution in [2.24, 2.45) is 0 Å². The van der Waals surface area contributed by atoms with Gasteiger partial charge in [0.25, 0.3) is 11.7 Å². The summed E-state index contributed by atoms with van der Waals surface area (Å²) in [5.74, 6) is -0.856. The Balaban J connectivity index is 1.39. The molecule has 0 radical (unpaired) electrons. The van der Waals surface area contributed by atoms with Crippen LogP contribution in [0.3, 0.4) is 0 Å². The number of hydrogen-bond donors (Lipinski definition) is 0. The third-order valence-corrected chi connectivity index (χ3v) is 6.95. The molecule has 1 aliphatic rings. The molecule has 5 rings (SSSR count). The number of ketones is 1. The van der Waals surface area contributed by atoms with Crippen molar-refractivity contribution in [1.29, 1.82) is 0 Å². The fourth-order valence-electron chi connectivity index (χ4n) is 4.70. The molecule has 0 unspecified atom stereocenters. The lowest BCUT2D eigenvalue weighted by atomic mass is 10.0. The van der Waals surface area contributed by atoms with Gasteiger partial charge in [-0.05, 0) is 54.1 Å². The molecular weight excluding hydrogens is 519 g/mol. The predicted molar refractivity (Wildman–Crippen MR) is 139 cm³/mol. The van der Waals surface area contributed by atoms with Crippen LogP contribution < -0.4 is 9.64 Å². The SMILES string of the molecule is COc1ccc(-c2cc3ccccn3c2C(=O)C(=O)N2CCN(c3cccc(C(F)(F)F)c3)CC2)cc1Cl. The Hall–Kier alpha value is -3.98. The van der Waals surface area contributed by atoms with Crippen LogP contribution in [0.15, 0.2) is 72.9 Å². The van der Waals surface area contributed by atoms with Crippen LogP contribution in [0.25, 0.3) is 16.6 Å². The van der Waals surface area contributed by atoms with Gasteiger partial charge in [0.05, 0.1) is 17.7 Å². The summed E-state index contributed by atoms with van der Waals surface area (Å²) in [4.78, 5) is 30.2. The number of alkyl halides is 3. The van der Waals surface area contributed by atoms with E-state index in [1.54, 1.807) is 45.8 Å². The Morgan fingerprint density at radius 3 is 2.37 bits per heavy atom. The number of benzene rings is 2. The topological polar surface area (TPSA) is 54.3 Å². The standard InChI is InChI=1S/C28H23ClF3N3O3/c1-38-24-9-8-18(15-23(24)29)22-17-21-6-2-3-10-35(21)25(22)26(36)27(37)34-13-11-33(12-14-34)20-7-4-5-19(16-20)28(30,31)32/h2-10,15-17H,11-14H2,1H3. The van der Waals surface area contributed by atoms with E-state index in [1.807, 2.05) is 18.2 Å². The monoisotopic (exact) mass is 541 g/mol. The highest BCUT2D eigenvalue weighted by atomic mass is 35.5. The molecule has 0 N–H and O–H groups in total. The molecule has 0 saturated carbocycles. The summed E-state index contributed by atoms with van der Waals surface area (Å²) in [6.45, 7) is 1.01. The second-order valence-electron chi connectivity index (χ2n) is 8.91. The molecule has 1 aliphatic heterocycles. The fraction of sp³-hybridized carbons (Fsp3) is 0.214. The predicted octanol–water partition coefficient (Wildman–Crippen LogP) is 5.82. The number of piperazine rings is 1. The Labute approximate surface area is 221 Å². The van der Waals surface area contributed by atoms with E-state index in [0.29, 0.717) is 40.7 Å². The summed E-state index contributed by atoms with van der Waals surface area (Å²) in [6, 6.07) is 17.5. The zero-order valence-corrected chi connectivity index (χ0v) is 21.1. The molecule has 4 aromatic rings. The number of methoxy groups -OCH3 is 1. The fourth-order valence-corrected chi connectivity index (χ4v) is 4.96. The number of hydrogen-bond acceptors (Lipinski definition) is 4. The van der Waals surface area contributed by atoms with Crippen molar-refractivity contribution < 1.29 is 27.5 Å². The van der Waals surface area contributed by atoms with E-state index >= 15 is 0 Å². The number of rotatable bonds is 5. The van der Waals surface area contributed by atoms with Gasteiger partial charge >= 0.3 is 6.18 Å². The first kappa shape index (κ1) is 25.7. The number of anilines is 1. The maximum absolute atomic E-state index is 13.6. The van der Waals surface area contributed by atoms with Gasteiger partial charge in [0.1, 0.15) is 11.4 Å². The number of carbonyl (C=O) groups is 2. The van der Waals surface area contributed by atoms with Gasteiger partial charge < -0.3 is 18.9 Å². The summed E-state index contributed by atoms with van der Waals surface area (Å²) in [6.07, 6.45) is -2.72. The first-order chi connectivity index (χ1) is 18.2. The molecule has 2 aromatic heterocycles. The molecule has 38 heavy (non-hydrogen) atoms. The maximum Gasteiger partial charge on any atom is 0.416 e. The van der Waals surface area contributed by atoms with Crippen LogP contribution in [0.2, 0.25) is 5.02 Å². The second kappa shape index (κ2) is 10.1. The van der Waals surface area contributed by atoms with Crippen LogP contribution in [-0.2, 0) is 11.0 Å². The zero-order chi connectivity index (χ0) is 27.0. The number of pyridine rings is 1. The number of aromatic nitrogens is 1. The highest BCUT2D eigenvalue weighted by Crippen LogP contribution is 2.35. The average molecular weight is 542 g/mol. The average Bonchev–Trinajstić information content (AvgIpc) is 3.31. The molecule has 0 spiro atoms. The molecule has 2 aromatic carbocycles. The molecule has 1 amide bonds. The highest BCUT2D eigenvalue weighted by Gasteiger charge is 2.33. The minimum Gasteiger partial charge on any atom is -0.495 e. The van der Waals surface area contributed by atoms with Gasteiger partial charge in [-0.15, -0.1) is 0 Å². The third kappa shape index (κ3) is 4.81. The number of fused-ring (bicyclic) bond motifs is 1. The van der Waals surface area contributed by atoms with E-state index in [4.69, 9.17) is 16.3 Å². The largest absolute Gasteiger partial charge is 0.495 e. The van der Waals surface area contributed by atoms with Gasteiger partial charge in [0.15, 0.2) is 0 Å². The van der Waals surface area contributed by atoms with E-state index in [2.05, 4.69) is 0 Å². The van der Waals surface area contributed by atoms with Crippen LogP contribution >= 0.6 is 11.6 Å². The van der Waals surface area contributed by atoms with Gasteiger partial charge in [-0.3, -0.25) is 9.59 Å². The third-order valence-electron chi connectivity index (χ3n) is 6.66. The first-order valence-electron chi connectivity index (χ1n) is 11.9. The van der Waals surface area contributed by atoms with Crippen LogP contribution in [-0.4, -0.2) is 54.3 Å². The quantitative estimate of drug-likeness (QED) is 0.236. The molecule has 0 bridgehead atoms. The van der Waals surface area contributed by atoms with E-state index in [0.717, 1.165) is 17.6 Å². The first-order valence-corrected chi connectivity index (χ1v) is 12.2. The van der Waals surface area contributed by atoms with Gasteiger partial charge in [0.2, 0.25) is 0 Å². The summed E-state index contributed by atoms with van der Waals surface area (Å²) in [5.41, 5.74) is 1.86. The Bertz CT molecular complexity index is 1520. The van der Waals surface area contributed by atoms with Crippen molar-refractivity contribution >= 4 is 34.5 Å². The number of amides is 1. The lowest BCUT2D eigenvalue weighted by molar-refractivity contribution is -0.137. The van der Waals surface area contributed by atoms with E-state index in [1.165, 1.54) is 18.1 Å². The second-order valence-corrected chi connectivity index (χ2v) is 9.32. The number of halogens is 4. The van der Waals surface area contributed by atoms with Crippen LogP contribution in [0.5, 0.6) is 5.75 Å². The van der Waals surface area contributed by atoms with Crippen LogP contribution in [0.1, 0.15) is 16.1 Å². The van der Waals surface area contributed by atoms with Crippen molar-refractivity contribution in [2.75, 3.05) is 38.2 Å². The Kier molecular flexibility index (Phi) is 6.79. The normalized spacial score (nSPS) is 14.1. The molecular formula is C28H23ClF3N3O3. The van der Waals surface area contributed by atoms with Crippen molar-refractivity contribution in [2.45, 2.75) is 6.18 Å². The van der Waals surface area contributed by atoms with Crippen molar-refractivity contribution in [3.05, 3.63) is 89.2 Å². The molecule has 3 heterocycles. The number of ether oxygens (including phenoxy) is 1. The lowest BCUT2D eigenvalue weighted by Gasteiger charge is -2.36. The summed E-state index contributed by atoms with van der Waals surface area (Å²) >= 11 is 6.33. The smallest absolute Gasteiger partial charge is 0.416 e. The molecule has 0 atom stereocenters. The maximum atomic E-state index is 13.6. The summed E-state index contributed by atoms with van der Waals surface area (Å²) in [5, 5.41) is 0.371. The summed E-state index contributed by atoms with van der Waals surface area (Å²) in [7, 11) is 1.51. The minimum atomic E-state index is -4.44. The van der Waals surface area contributed by atoms with Crippen molar-refractivity contribution in [3.63, 3.8) is 0 Å². The van der Waals surface area contributed by atoms with Gasteiger partial charge in [0, 0.05) is 49.1 Å². The highest BCUT2D eigenvalue weighted by molar-refractivity contribution is 6.43. The molecule has 0 aliphatic carbocycles. The molecule has 1 saturated heterocycles. The van der Waals surface area contributed by atoms with Crippen LogP contribution in [0, 0.1) is 0 Å². The van der Waals surface area contributed by atoms with Crippen LogP contribution in [0.4, 0.5) is 18.9 Å². The number of carbonyl (C=O) groups excluding carboxylic acids is 2. The Morgan fingerprint density at radius 1 is 0.921 bits per heavy atom. The number of nitrogens with zero attached hydrogens (tertiary/aromatic N) is 3. The molecule has 6 nitrogen and oxygen atoms in total. The zero-order valence-electron chi connectivity index (χ0n) is 20.3. The summed E-state index contributed by atoms with van der Waals surface area (Å²) < 4.78 is 46.3. The number of Topliss-reactive ketones (excluding diaryl/α,β-unsaturated/α-hetero) is 1. The Morgan fingerprint density at radius 2 is 1.68 bits per heavy atom. The molecule has 196 valence electrons. The van der Waals surface area contributed by atoms with Gasteiger partial charge in [-0.1, -0.05) is 29.8 Å². The van der Waals surface area contributed by atoms with E-state index < -0.39 is 23.4 Å². The lowest BCUT2D eigenvalue weighted by Crippen LogP contribution is -2.50. The molecule has 10 heteroatoms. The van der Waals surface area contributed by atoms with E-state index in [9.17, 15) is 22.8 Å². The van der Waals surface area contributed by atoms with E-state index in [-0.39, 0.29) is 18.8 Å². The van der Waals surface area contributed by atoms with Crippen molar-refractivity contribution in [3.8, 4) is 16.9 Å².